The van der Waals surface area contributed by atoms with Crippen LogP contribution in [0, 0.1) is 17.0 Å². The summed E-state index contributed by atoms with van der Waals surface area (Å²) >= 11 is 12.0. The van der Waals surface area contributed by atoms with E-state index in [0.29, 0.717) is 21.9 Å². The maximum absolute atomic E-state index is 12.5. The first-order valence-corrected chi connectivity index (χ1v) is 10.3. The third-order valence-electron chi connectivity index (χ3n) is 4.62. The number of hydrogen-bond donors (Lipinski definition) is 0. The largest absolute Gasteiger partial charge is 0.496 e. The molecule has 0 amide bonds. The fourth-order valence-corrected chi connectivity index (χ4v) is 3.51. The smallest absolute Gasteiger partial charge is 0.310 e. The minimum Gasteiger partial charge on any atom is -0.496 e. The number of ether oxygens (including phenoxy) is 2. The van der Waals surface area contributed by atoms with Crippen LogP contribution < -0.4 is 9.47 Å². The second-order valence-electron chi connectivity index (χ2n) is 6.91. The summed E-state index contributed by atoms with van der Waals surface area (Å²) in [6, 6.07) is 14.7. The summed E-state index contributed by atoms with van der Waals surface area (Å²) in [4.78, 5) is 23.3. The van der Waals surface area contributed by atoms with Crippen molar-refractivity contribution in [3.05, 3.63) is 103 Å². The Morgan fingerprint density at radius 3 is 2.53 bits per heavy atom. The van der Waals surface area contributed by atoms with Crippen molar-refractivity contribution in [2.45, 2.75) is 13.5 Å². The number of benzene rings is 3. The lowest BCUT2D eigenvalue weighted by atomic mass is 10.1. The van der Waals surface area contributed by atoms with Gasteiger partial charge >= 0.3 is 5.69 Å². The molecule has 0 radical (unpaired) electrons. The molecular formula is C24H19Cl2NO5. The van der Waals surface area contributed by atoms with Gasteiger partial charge in [0.1, 0.15) is 12.4 Å². The Bertz CT molecular complexity index is 1210. The molecule has 0 aliphatic carbocycles. The standard InChI is InChI=1S/C24H19Cl2NO5/c1-15-3-8-21(27(29)30)24(11-15)32-14-17-12-16(5-10-23(17)31-2)4-9-22(28)19-7-6-18(25)13-20(19)26/h3-13H,14H2,1-2H3/b9-4+. The van der Waals surface area contributed by atoms with Gasteiger partial charge in [-0.15, -0.1) is 0 Å². The first-order chi connectivity index (χ1) is 15.3. The normalized spacial score (nSPS) is 10.9. The highest BCUT2D eigenvalue weighted by atomic mass is 35.5. The van der Waals surface area contributed by atoms with E-state index < -0.39 is 4.92 Å². The number of aryl methyl sites for hydroxylation is 1. The van der Waals surface area contributed by atoms with E-state index in [2.05, 4.69) is 0 Å². The predicted octanol–water partition coefficient (Wildman–Crippen LogP) is 6.69. The summed E-state index contributed by atoms with van der Waals surface area (Å²) < 4.78 is 11.1. The molecular weight excluding hydrogens is 453 g/mol. The van der Waals surface area contributed by atoms with Crippen LogP contribution in [0.2, 0.25) is 10.0 Å². The van der Waals surface area contributed by atoms with Crippen LogP contribution in [0.15, 0.2) is 60.7 Å². The zero-order valence-electron chi connectivity index (χ0n) is 17.3. The molecule has 0 saturated heterocycles. The third kappa shape index (κ3) is 5.66. The monoisotopic (exact) mass is 471 g/mol. The van der Waals surface area contributed by atoms with Crippen molar-refractivity contribution < 1.29 is 19.2 Å². The molecule has 32 heavy (non-hydrogen) atoms. The minimum absolute atomic E-state index is 0.0477. The Kier molecular flexibility index (Phi) is 7.51. The topological polar surface area (TPSA) is 78.7 Å². The molecule has 0 N–H and O–H groups in total. The van der Waals surface area contributed by atoms with E-state index >= 15 is 0 Å². The Morgan fingerprint density at radius 2 is 1.84 bits per heavy atom. The van der Waals surface area contributed by atoms with E-state index in [-0.39, 0.29) is 28.8 Å². The molecule has 0 atom stereocenters. The van der Waals surface area contributed by atoms with Crippen LogP contribution >= 0.6 is 23.2 Å². The van der Waals surface area contributed by atoms with Gasteiger partial charge in [0.2, 0.25) is 0 Å². The molecule has 3 rings (SSSR count). The van der Waals surface area contributed by atoms with Crippen molar-refractivity contribution >= 4 is 40.7 Å². The Morgan fingerprint density at radius 1 is 1.06 bits per heavy atom. The lowest BCUT2D eigenvalue weighted by Crippen LogP contribution is -2.02. The number of ketones is 1. The molecule has 6 nitrogen and oxygen atoms in total. The number of carbonyl (C=O) groups excluding carboxylic acids is 1. The highest BCUT2D eigenvalue weighted by Gasteiger charge is 2.16. The maximum atomic E-state index is 12.5. The summed E-state index contributed by atoms with van der Waals surface area (Å²) in [5.41, 5.74) is 2.46. The first kappa shape index (κ1) is 23.3. The molecule has 8 heteroatoms. The first-order valence-electron chi connectivity index (χ1n) is 9.50. The molecule has 164 valence electrons. The van der Waals surface area contributed by atoms with Crippen LogP contribution in [0.25, 0.3) is 6.08 Å². The van der Waals surface area contributed by atoms with Crippen LogP contribution in [-0.2, 0) is 6.61 Å². The molecule has 0 unspecified atom stereocenters. The summed E-state index contributed by atoms with van der Waals surface area (Å²) in [7, 11) is 1.52. The summed E-state index contributed by atoms with van der Waals surface area (Å²) in [5, 5.41) is 12.0. The van der Waals surface area contributed by atoms with E-state index in [1.807, 2.05) is 6.92 Å². The van der Waals surface area contributed by atoms with Crippen LogP contribution in [0.3, 0.4) is 0 Å². The highest BCUT2D eigenvalue weighted by Crippen LogP contribution is 2.30. The number of carbonyl (C=O) groups is 1. The van der Waals surface area contributed by atoms with E-state index in [1.54, 1.807) is 48.5 Å². The van der Waals surface area contributed by atoms with E-state index in [1.165, 1.54) is 25.3 Å². The van der Waals surface area contributed by atoms with Gasteiger partial charge in [0.15, 0.2) is 11.5 Å². The fourth-order valence-electron chi connectivity index (χ4n) is 3.01. The van der Waals surface area contributed by atoms with Crippen LogP contribution in [0.5, 0.6) is 11.5 Å². The lowest BCUT2D eigenvalue weighted by Gasteiger charge is -2.12. The Hall–Kier alpha value is -3.35. The average molecular weight is 472 g/mol. The number of hydrogen-bond acceptors (Lipinski definition) is 5. The van der Waals surface area contributed by atoms with Crippen LogP contribution in [0.1, 0.15) is 27.0 Å². The van der Waals surface area contributed by atoms with Crippen molar-refractivity contribution in [1.82, 2.24) is 0 Å². The summed E-state index contributed by atoms with van der Waals surface area (Å²) in [6.45, 7) is 1.87. The Balaban J connectivity index is 1.82. The van der Waals surface area contributed by atoms with Crippen molar-refractivity contribution in [2.75, 3.05) is 7.11 Å². The molecule has 0 bridgehead atoms. The van der Waals surface area contributed by atoms with Gasteiger partial charge in [0.25, 0.3) is 0 Å². The Labute approximate surface area is 195 Å². The maximum Gasteiger partial charge on any atom is 0.310 e. The average Bonchev–Trinajstić information content (AvgIpc) is 2.75. The number of allylic oxidation sites excluding steroid dienone is 1. The van der Waals surface area contributed by atoms with E-state index in [0.717, 1.165) is 11.1 Å². The predicted molar refractivity (Wildman–Crippen MR) is 125 cm³/mol. The van der Waals surface area contributed by atoms with Gasteiger partial charge in [-0.25, -0.2) is 0 Å². The van der Waals surface area contributed by atoms with Gasteiger partial charge in [-0.05, 0) is 60.5 Å². The van der Waals surface area contributed by atoms with Gasteiger partial charge in [-0.3, -0.25) is 14.9 Å². The van der Waals surface area contributed by atoms with Crippen molar-refractivity contribution in [1.29, 1.82) is 0 Å². The molecule has 3 aromatic rings. The van der Waals surface area contributed by atoms with Gasteiger partial charge in [-0.2, -0.15) is 0 Å². The zero-order valence-corrected chi connectivity index (χ0v) is 18.8. The van der Waals surface area contributed by atoms with Crippen LogP contribution in [0.4, 0.5) is 5.69 Å². The van der Waals surface area contributed by atoms with Crippen molar-refractivity contribution in [3.8, 4) is 11.5 Å². The molecule has 0 fully saturated rings. The summed E-state index contributed by atoms with van der Waals surface area (Å²) in [6.07, 6.45) is 3.05. The van der Waals surface area contributed by atoms with Gasteiger partial charge < -0.3 is 9.47 Å². The number of halogens is 2. The molecule has 0 spiro atoms. The second-order valence-corrected chi connectivity index (χ2v) is 7.75. The number of methoxy groups -OCH3 is 1. The number of nitrogens with zero attached hydrogens (tertiary/aromatic N) is 1. The minimum atomic E-state index is -0.487. The fraction of sp³-hybridized carbons (Fsp3) is 0.125. The van der Waals surface area contributed by atoms with E-state index in [9.17, 15) is 14.9 Å². The van der Waals surface area contributed by atoms with E-state index in [4.69, 9.17) is 32.7 Å². The van der Waals surface area contributed by atoms with Crippen molar-refractivity contribution in [3.63, 3.8) is 0 Å². The molecule has 0 aliphatic heterocycles. The van der Waals surface area contributed by atoms with Gasteiger partial charge in [0, 0.05) is 22.2 Å². The lowest BCUT2D eigenvalue weighted by molar-refractivity contribution is -0.386. The quantitative estimate of drug-likeness (QED) is 0.158. The second kappa shape index (κ2) is 10.3. The van der Waals surface area contributed by atoms with Gasteiger partial charge in [0.05, 0.1) is 17.1 Å². The number of rotatable bonds is 8. The van der Waals surface area contributed by atoms with Gasteiger partial charge in [-0.1, -0.05) is 41.4 Å². The summed E-state index contributed by atoms with van der Waals surface area (Å²) in [5.74, 6) is 0.464. The molecule has 0 aliphatic rings. The van der Waals surface area contributed by atoms with Crippen LogP contribution in [-0.4, -0.2) is 17.8 Å². The molecule has 0 aromatic heterocycles. The number of nitro groups is 1. The SMILES string of the molecule is COc1ccc(/C=C/C(=O)c2ccc(Cl)cc2Cl)cc1COc1cc(C)ccc1[N+](=O)[O-]. The zero-order chi connectivity index (χ0) is 23.3. The molecule has 0 saturated carbocycles. The molecule has 0 heterocycles. The number of nitro benzene ring substituents is 1. The third-order valence-corrected chi connectivity index (χ3v) is 5.17. The highest BCUT2D eigenvalue weighted by molar-refractivity contribution is 6.37. The molecule has 3 aromatic carbocycles. The van der Waals surface area contributed by atoms with Crippen molar-refractivity contribution in [2.24, 2.45) is 0 Å².